The maximum absolute atomic E-state index is 11.7. The maximum Gasteiger partial charge on any atom is 0.317 e. The molecule has 0 bridgehead atoms. The summed E-state index contributed by atoms with van der Waals surface area (Å²) in [6.45, 7) is 5.14. The Bertz CT molecular complexity index is 410. The van der Waals surface area contributed by atoms with Gasteiger partial charge in [0.2, 0.25) is 0 Å². The summed E-state index contributed by atoms with van der Waals surface area (Å²) in [5, 5.41) is 8.43. The molecule has 0 spiro atoms. The standard InChI is InChI=1S/C12H18BrN3OS/c1-2-14-12(17)16-5-3-9(8-16)15-7-11-10(13)4-6-18-11/h4,6,9,15H,2-3,5,7-8H2,1H3,(H,14,17)/t9-/m1/s1. The molecule has 2 N–H and O–H groups in total. The molecule has 1 fully saturated rings. The van der Waals surface area contributed by atoms with Crippen LogP contribution in [0.3, 0.4) is 0 Å². The number of carbonyl (C=O) groups is 1. The molecule has 1 saturated heterocycles. The van der Waals surface area contributed by atoms with E-state index in [1.807, 2.05) is 11.8 Å². The summed E-state index contributed by atoms with van der Waals surface area (Å²) in [4.78, 5) is 14.9. The molecule has 2 amide bonds. The van der Waals surface area contributed by atoms with Crippen LogP contribution in [0.2, 0.25) is 0 Å². The van der Waals surface area contributed by atoms with Crippen LogP contribution >= 0.6 is 27.3 Å². The van der Waals surface area contributed by atoms with E-state index in [1.165, 1.54) is 9.35 Å². The lowest BCUT2D eigenvalue weighted by Crippen LogP contribution is -2.40. The van der Waals surface area contributed by atoms with E-state index in [4.69, 9.17) is 0 Å². The van der Waals surface area contributed by atoms with Crippen molar-refractivity contribution < 1.29 is 4.79 Å². The molecule has 0 aliphatic carbocycles. The number of rotatable bonds is 4. The third-order valence-corrected chi connectivity index (χ3v) is 4.97. The van der Waals surface area contributed by atoms with Crippen LogP contribution in [-0.2, 0) is 6.54 Å². The topological polar surface area (TPSA) is 44.4 Å². The minimum absolute atomic E-state index is 0.0547. The fourth-order valence-corrected chi connectivity index (χ4v) is 3.51. The fraction of sp³-hybridized carbons (Fsp3) is 0.583. The van der Waals surface area contributed by atoms with E-state index in [-0.39, 0.29) is 6.03 Å². The first-order valence-electron chi connectivity index (χ1n) is 6.18. The molecule has 100 valence electrons. The molecule has 1 aromatic heterocycles. The normalized spacial score (nSPS) is 19.2. The van der Waals surface area contributed by atoms with Gasteiger partial charge >= 0.3 is 6.03 Å². The van der Waals surface area contributed by atoms with Gasteiger partial charge in [-0.2, -0.15) is 0 Å². The number of amides is 2. The molecule has 1 aromatic rings. The Labute approximate surface area is 120 Å². The number of likely N-dealkylation sites (tertiary alicyclic amines) is 1. The van der Waals surface area contributed by atoms with Gasteiger partial charge in [0.25, 0.3) is 0 Å². The number of urea groups is 1. The van der Waals surface area contributed by atoms with Gasteiger partial charge in [-0.1, -0.05) is 0 Å². The lowest BCUT2D eigenvalue weighted by Gasteiger charge is -2.17. The summed E-state index contributed by atoms with van der Waals surface area (Å²) in [6.07, 6.45) is 1.03. The number of thiophene rings is 1. The molecule has 6 heteroatoms. The number of hydrogen-bond acceptors (Lipinski definition) is 3. The Morgan fingerprint density at radius 1 is 1.67 bits per heavy atom. The zero-order chi connectivity index (χ0) is 13.0. The number of carbonyl (C=O) groups excluding carboxylic acids is 1. The molecular weight excluding hydrogens is 314 g/mol. The van der Waals surface area contributed by atoms with Gasteiger partial charge in [-0.25, -0.2) is 4.79 Å². The van der Waals surface area contributed by atoms with Crippen LogP contribution in [0.15, 0.2) is 15.9 Å². The van der Waals surface area contributed by atoms with Crippen molar-refractivity contribution in [3.05, 3.63) is 20.8 Å². The summed E-state index contributed by atoms with van der Waals surface area (Å²) in [5.74, 6) is 0. The van der Waals surface area contributed by atoms with Crippen LogP contribution < -0.4 is 10.6 Å². The Balaban J connectivity index is 1.76. The average Bonchev–Trinajstić information content (AvgIpc) is 2.96. The van der Waals surface area contributed by atoms with E-state index >= 15 is 0 Å². The van der Waals surface area contributed by atoms with Gasteiger partial charge in [0, 0.05) is 41.6 Å². The summed E-state index contributed by atoms with van der Waals surface area (Å²) in [5.41, 5.74) is 0. The number of nitrogens with zero attached hydrogens (tertiary/aromatic N) is 1. The molecule has 2 heterocycles. The van der Waals surface area contributed by atoms with E-state index in [1.54, 1.807) is 11.3 Å². The molecule has 0 saturated carbocycles. The van der Waals surface area contributed by atoms with Gasteiger partial charge in [-0.3, -0.25) is 0 Å². The van der Waals surface area contributed by atoms with E-state index < -0.39 is 0 Å². The van der Waals surface area contributed by atoms with Crippen molar-refractivity contribution in [2.24, 2.45) is 0 Å². The second-order valence-electron chi connectivity index (χ2n) is 4.34. The number of halogens is 1. The minimum Gasteiger partial charge on any atom is -0.338 e. The predicted molar refractivity (Wildman–Crippen MR) is 77.9 cm³/mol. The van der Waals surface area contributed by atoms with Crippen molar-refractivity contribution in [3.8, 4) is 0 Å². The van der Waals surface area contributed by atoms with E-state index in [9.17, 15) is 4.79 Å². The zero-order valence-electron chi connectivity index (χ0n) is 10.4. The summed E-state index contributed by atoms with van der Waals surface area (Å²) in [7, 11) is 0. The van der Waals surface area contributed by atoms with Gasteiger partial charge in [0.1, 0.15) is 0 Å². The van der Waals surface area contributed by atoms with Gasteiger partial charge in [0.15, 0.2) is 0 Å². The van der Waals surface area contributed by atoms with Gasteiger partial charge in [-0.05, 0) is 40.7 Å². The fourth-order valence-electron chi connectivity index (χ4n) is 2.06. The maximum atomic E-state index is 11.7. The van der Waals surface area contributed by atoms with Gasteiger partial charge in [-0.15, -0.1) is 11.3 Å². The third-order valence-electron chi connectivity index (χ3n) is 3.05. The molecule has 2 rings (SSSR count). The van der Waals surface area contributed by atoms with Crippen LogP contribution in [0.4, 0.5) is 4.79 Å². The Kier molecular flexibility index (Phi) is 5.03. The van der Waals surface area contributed by atoms with Crippen LogP contribution in [0.5, 0.6) is 0 Å². The van der Waals surface area contributed by atoms with Crippen LogP contribution in [-0.4, -0.2) is 36.6 Å². The van der Waals surface area contributed by atoms with Gasteiger partial charge < -0.3 is 15.5 Å². The van der Waals surface area contributed by atoms with Crippen molar-refractivity contribution in [2.45, 2.75) is 25.9 Å². The quantitative estimate of drug-likeness (QED) is 0.889. The smallest absolute Gasteiger partial charge is 0.317 e. The lowest BCUT2D eigenvalue weighted by molar-refractivity contribution is 0.208. The lowest BCUT2D eigenvalue weighted by atomic mass is 10.2. The van der Waals surface area contributed by atoms with Crippen molar-refractivity contribution >= 4 is 33.3 Å². The summed E-state index contributed by atoms with van der Waals surface area (Å²) in [6, 6.07) is 2.53. The molecule has 0 radical (unpaired) electrons. The SMILES string of the molecule is CCNC(=O)N1CC[C@@H](NCc2sccc2Br)C1. The Morgan fingerprint density at radius 2 is 2.50 bits per heavy atom. The summed E-state index contributed by atoms with van der Waals surface area (Å²) < 4.78 is 1.17. The highest BCUT2D eigenvalue weighted by Gasteiger charge is 2.25. The Morgan fingerprint density at radius 3 is 3.17 bits per heavy atom. The molecule has 4 nitrogen and oxygen atoms in total. The van der Waals surface area contributed by atoms with Crippen LogP contribution in [0.25, 0.3) is 0 Å². The van der Waals surface area contributed by atoms with E-state index in [0.29, 0.717) is 12.6 Å². The highest BCUT2D eigenvalue weighted by Crippen LogP contribution is 2.22. The first kappa shape index (κ1) is 13.8. The first-order valence-corrected chi connectivity index (χ1v) is 7.86. The molecular formula is C12H18BrN3OS. The minimum atomic E-state index is 0.0547. The molecule has 1 atom stereocenters. The third kappa shape index (κ3) is 3.46. The largest absolute Gasteiger partial charge is 0.338 e. The van der Waals surface area contributed by atoms with Crippen molar-refractivity contribution in [2.75, 3.05) is 19.6 Å². The molecule has 1 aliphatic heterocycles. The molecule has 18 heavy (non-hydrogen) atoms. The predicted octanol–water partition coefficient (Wildman–Crippen LogP) is 2.40. The number of nitrogens with one attached hydrogen (secondary N) is 2. The zero-order valence-corrected chi connectivity index (χ0v) is 12.8. The van der Waals surface area contributed by atoms with Crippen molar-refractivity contribution in [1.82, 2.24) is 15.5 Å². The molecule has 0 unspecified atom stereocenters. The molecule has 1 aliphatic rings. The summed E-state index contributed by atoms with van der Waals surface area (Å²) >= 11 is 5.27. The number of hydrogen-bond donors (Lipinski definition) is 2. The van der Waals surface area contributed by atoms with Crippen molar-refractivity contribution in [1.29, 1.82) is 0 Å². The van der Waals surface area contributed by atoms with Gasteiger partial charge in [0.05, 0.1) is 0 Å². The highest BCUT2D eigenvalue weighted by molar-refractivity contribution is 9.10. The average molecular weight is 332 g/mol. The van der Waals surface area contributed by atoms with Crippen LogP contribution in [0, 0.1) is 0 Å². The van der Waals surface area contributed by atoms with E-state index in [0.717, 1.165) is 26.1 Å². The Hall–Kier alpha value is -0.590. The van der Waals surface area contributed by atoms with Crippen molar-refractivity contribution in [3.63, 3.8) is 0 Å². The molecule has 0 aromatic carbocycles. The second-order valence-corrected chi connectivity index (χ2v) is 6.19. The van der Waals surface area contributed by atoms with Crippen LogP contribution in [0.1, 0.15) is 18.2 Å². The van der Waals surface area contributed by atoms with E-state index in [2.05, 4.69) is 38.0 Å². The highest BCUT2D eigenvalue weighted by atomic mass is 79.9. The second kappa shape index (κ2) is 6.54. The monoisotopic (exact) mass is 331 g/mol. The first-order chi connectivity index (χ1) is 8.70.